The molecule has 0 fully saturated rings. The van der Waals surface area contributed by atoms with E-state index in [1.807, 2.05) is 0 Å². The zero-order valence-electron chi connectivity index (χ0n) is 14.7. The van der Waals surface area contributed by atoms with Crippen LogP contribution in [0.25, 0.3) is 0 Å². The van der Waals surface area contributed by atoms with E-state index in [9.17, 15) is 0 Å². The standard InChI is InChI=1S/C16H35O2PS2/c1-7-13(3)9-15(5)11-17-19(20,21)18-12-16(6)10-14(4)8-2/h13-16H,7-12H2,1-6H3,(H,20,21). The molecule has 4 unspecified atom stereocenters. The maximum atomic E-state index is 5.79. The van der Waals surface area contributed by atoms with Gasteiger partial charge in [-0.3, -0.25) is 0 Å². The highest BCUT2D eigenvalue weighted by Gasteiger charge is 2.18. The van der Waals surface area contributed by atoms with Crippen LogP contribution in [0.15, 0.2) is 0 Å². The number of rotatable bonds is 12. The first-order chi connectivity index (χ1) is 9.70. The van der Waals surface area contributed by atoms with Gasteiger partial charge in [-0.2, -0.15) is 0 Å². The summed E-state index contributed by atoms with van der Waals surface area (Å²) in [5.41, 5.74) is -2.38. The smallest absolute Gasteiger partial charge is 0.244 e. The van der Waals surface area contributed by atoms with Crippen LogP contribution in [0.1, 0.15) is 67.2 Å². The molecule has 0 aliphatic heterocycles. The van der Waals surface area contributed by atoms with Gasteiger partial charge in [0.1, 0.15) is 0 Å². The van der Waals surface area contributed by atoms with Crippen molar-refractivity contribution >= 4 is 29.7 Å². The molecule has 0 amide bonds. The fraction of sp³-hybridized carbons (Fsp3) is 1.00. The summed E-state index contributed by atoms with van der Waals surface area (Å²) in [6.45, 7) is 14.7. The monoisotopic (exact) mass is 354 g/mol. The van der Waals surface area contributed by atoms with E-state index in [0.29, 0.717) is 25.0 Å². The minimum Gasteiger partial charge on any atom is -0.322 e. The van der Waals surface area contributed by atoms with Crippen LogP contribution in [-0.2, 0) is 20.9 Å². The lowest BCUT2D eigenvalue weighted by atomic mass is 9.96. The van der Waals surface area contributed by atoms with Gasteiger partial charge in [-0.05, 0) is 48.3 Å². The molecule has 0 aliphatic rings. The molecule has 0 rings (SSSR count). The Hall–Kier alpha value is 0.920. The second kappa shape index (κ2) is 11.5. The average Bonchev–Trinajstić information content (AvgIpc) is 2.43. The number of hydrogen-bond donors (Lipinski definition) is 1. The van der Waals surface area contributed by atoms with Crippen molar-refractivity contribution in [1.29, 1.82) is 0 Å². The minimum absolute atomic E-state index is 0.510. The number of hydrogen-bond acceptors (Lipinski definition) is 3. The minimum atomic E-state index is -2.38. The van der Waals surface area contributed by atoms with Crippen LogP contribution >= 0.6 is 17.9 Å². The molecule has 0 radical (unpaired) electrons. The molecule has 0 saturated carbocycles. The van der Waals surface area contributed by atoms with Crippen molar-refractivity contribution in [3.05, 3.63) is 0 Å². The van der Waals surface area contributed by atoms with Gasteiger partial charge < -0.3 is 9.05 Å². The topological polar surface area (TPSA) is 18.5 Å². The van der Waals surface area contributed by atoms with Crippen molar-refractivity contribution in [2.75, 3.05) is 13.2 Å². The largest absolute Gasteiger partial charge is 0.322 e. The highest BCUT2D eigenvalue weighted by atomic mass is 32.9. The van der Waals surface area contributed by atoms with Gasteiger partial charge in [-0.15, -0.1) is 0 Å². The van der Waals surface area contributed by atoms with Crippen LogP contribution in [0.3, 0.4) is 0 Å². The van der Waals surface area contributed by atoms with Gasteiger partial charge in [0, 0.05) is 0 Å². The molecule has 0 bridgehead atoms. The highest BCUT2D eigenvalue weighted by Crippen LogP contribution is 2.54. The van der Waals surface area contributed by atoms with Crippen LogP contribution in [0.2, 0.25) is 0 Å². The predicted octanol–water partition coefficient (Wildman–Crippen LogP) is 6.32. The van der Waals surface area contributed by atoms with Crippen LogP contribution in [0, 0.1) is 23.7 Å². The van der Waals surface area contributed by atoms with Crippen LogP contribution in [0.4, 0.5) is 0 Å². The summed E-state index contributed by atoms with van der Waals surface area (Å²) in [6.07, 6.45) is 4.76. The van der Waals surface area contributed by atoms with Gasteiger partial charge in [-0.1, -0.05) is 66.6 Å². The molecule has 21 heavy (non-hydrogen) atoms. The average molecular weight is 355 g/mol. The Morgan fingerprint density at radius 3 is 1.43 bits per heavy atom. The predicted molar refractivity (Wildman–Crippen MR) is 102 cm³/mol. The lowest BCUT2D eigenvalue weighted by molar-refractivity contribution is 0.191. The van der Waals surface area contributed by atoms with Crippen molar-refractivity contribution < 1.29 is 9.05 Å². The molecule has 0 saturated heterocycles. The lowest BCUT2D eigenvalue weighted by Crippen LogP contribution is -2.11. The van der Waals surface area contributed by atoms with E-state index in [-0.39, 0.29) is 0 Å². The molecule has 0 aromatic carbocycles. The summed E-state index contributed by atoms with van der Waals surface area (Å²) in [4.78, 5) is 0. The van der Waals surface area contributed by atoms with E-state index in [0.717, 1.165) is 11.8 Å². The second-order valence-corrected chi connectivity index (χ2v) is 12.1. The third-order valence-electron chi connectivity index (χ3n) is 4.05. The van der Waals surface area contributed by atoms with Crippen molar-refractivity contribution in [1.82, 2.24) is 0 Å². The van der Waals surface area contributed by atoms with E-state index in [1.165, 1.54) is 25.7 Å². The second-order valence-electron chi connectivity index (χ2n) is 6.77. The van der Waals surface area contributed by atoms with Crippen LogP contribution < -0.4 is 0 Å². The summed E-state index contributed by atoms with van der Waals surface area (Å²) in [6, 6.07) is 0. The lowest BCUT2D eigenvalue weighted by Gasteiger charge is -2.23. The van der Waals surface area contributed by atoms with Crippen molar-refractivity contribution in [3.8, 4) is 0 Å². The zero-order valence-corrected chi connectivity index (χ0v) is 17.3. The SMILES string of the molecule is CCC(C)CC(C)COP(=S)(S)OCC(C)CC(C)CC. The molecule has 0 aliphatic carbocycles. The molecule has 0 N–H and O–H groups in total. The molecule has 0 aromatic heterocycles. The van der Waals surface area contributed by atoms with Crippen molar-refractivity contribution in [3.63, 3.8) is 0 Å². The maximum absolute atomic E-state index is 5.79. The van der Waals surface area contributed by atoms with Gasteiger partial charge in [-0.25, -0.2) is 0 Å². The summed E-state index contributed by atoms with van der Waals surface area (Å²) >= 11 is 9.84. The Morgan fingerprint density at radius 1 is 0.810 bits per heavy atom. The fourth-order valence-electron chi connectivity index (χ4n) is 2.32. The molecular weight excluding hydrogens is 319 g/mol. The van der Waals surface area contributed by atoms with Crippen molar-refractivity contribution in [2.24, 2.45) is 23.7 Å². The quantitative estimate of drug-likeness (QED) is 0.327. The van der Waals surface area contributed by atoms with Crippen LogP contribution in [-0.4, -0.2) is 13.2 Å². The summed E-state index contributed by atoms with van der Waals surface area (Å²) in [7, 11) is 0. The van der Waals surface area contributed by atoms with E-state index >= 15 is 0 Å². The van der Waals surface area contributed by atoms with Gasteiger partial charge in [0.15, 0.2) is 0 Å². The van der Waals surface area contributed by atoms with Gasteiger partial charge in [0.2, 0.25) is 5.69 Å². The Balaban J connectivity index is 4.00. The number of thiol groups is 1. The summed E-state index contributed by atoms with van der Waals surface area (Å²) in [5.74, 6) is 2.49. The highest BCUT2D eigenvalue weighted by molar-refractivity contribution is 8.60. The Kier molecular flexibility index (Phi) is 12.0. The first kappa shape index (κ1) is 21.9. The van der Waals surface area contributed by atoms with Gasteiger partial charge >= 0.3 is 0 Å². The van der Waals surface area contributed by atoms with E-state index in [4.69, 9.17) is 20.9 Å². The Bertz CT molecular complexity index is 287. The third kappa shape index (κ3) is 12.1. The first-order valence-corrected chi connectivity index (χ1v) is 12.1. The van der Waals surface area contributed by atoms with Crippen molar-refractivity contribution in [2.45, 2.75) is 67.2 Å². The van der Waals surface area contributed by atoms with Gasteiger partial charge in [0.05, 0.1) is 13.2 Å². The van der Waals surface area contributed by atoms with Gasteiger partial charge in [0.25, 0.3) is 0 Å². The molecular formula is C16H35O2PS2. The van der Waals surface area contributed by atoms with Crippen LogP contribution in [0.5, 0.6) is 0 Å². The molecule has 0 spiro atoms. The third-order valence-corrected chi connectivity index (χ3v) is 6.32. The molecule has 5 heteroatoms. The summed E-state index contributed by atoms with van der Waals surface area (Å²) in [5, 5.41) is 0. The normalized spacial score (nSPS) is 20.5. The Labute approximate surface area is 143 Å². The van der Waals surface area contributed by atoms with E-state index in [1.54, 1.807) is 0 Å². The maximum Gasteiger partial charge on any atom is 0.244 e. The zero-order chi connectivity index (χ0) is 16.5. The molecule has 2 nitrogen and oxygen atoms in total. The molecule has 0 heterocycles. The van der Waals surface area contributed by atoms with E-state index in [2.05, 4.69) is 53.8 Å². The molecule has 0 aromatic rings. The summed E-state index contributed by atoms with van der Waals surface area (Å²) < 4.78 is 11.6. The first-order valence-electron chi connectivity index (χ1n) is 8.31. The molecule has 128 valence electrons. The van der Waals surface area contributed by atoms with E-state index < -0.39 is 5.69 Å². The fourth-order valence-corrected chi connectivity index (χ4v) is 4.05. The Morgan fingerprint density at radius 2 is 1.14 bits per heavy atom. The molecule has 4 atom stereocenters.